The van der Waals surface area contributed by atoms with Crippen molar-refractivity contribution < 1.29 is 38.3 Å². The summed E-state index contributed by atoms with van der Waals surface area (Å²) in [5, 5.41) is 0. The van der Waals surface area contributed by atoms with Gasteiger partial charge in [0, 0.05) is 11.8 Å². The molecule has 3 aliphatic heterocycles. The van der Waals surface area contributed by atoms with Gasteiger partial charge in [0.1, 0.15) is 11.2 Å². The van der Waals surface area contributed by atoms with Gasteiger partial charge in [-0.2, -0.15) is 9.78 Å². The van der Waals surface area contributed by atoms with Gasteiger partial charge in [0.15, 0.2) is 0 Å². The third kappa shape index (κ3) is 9.88. The van der Waals surface area contributed by atoms with Crippen LogP contribution in [0.25, 0.3) is 0 Å². The number of allylic oxidation sites excluding steroid dienone is 4. The molecule has 7 rings (SSSR count). The fourth-order valence-corrected chi connectivity index (χ4v) is 7.02. The standard InChI is InChI=1S/C16H24O4.C16H24O2.C3H6O2.CH4/c1-16(2,10-4-6-12-14(8-10)19-12)20-15(17)9-3-5-11-13(7-9)18-11;1-16(2,14-11-7-4-8-12-14)18-15(17)13-9-5-3-6-10-13;1-3(2)4-5-3;/h9-14H,3-8H2,1-2H3;3-5,7,13-14H,6,8-12H2,1-2H3;1-2H3;1H4. The second-order valence-electron chi connectivity index (χ2n) is 15.0. The fourth-order valence-electron chi connectivity index (χ4n) is 7.02. The lowest BCUT2D eigenvalue weighted by molar-refractivity contribution is -0.169. The Hall–Kier alpha value is -1.74. The lowest BCUT2D eigenvalue weighted by Crippen LogP contribution is -2.41. The Bertz CT molecular complexity index is 1040. The van der Waals surface area contributed by atoms with E-state index in [1.165, 1.54) is 0 Å². The molecule has 8 atom stereocenters. The number of fused-ring (bicyclic) bond motifs is 2. The zero-order chi connectivity index (χ0) is 30.8. The molecule has 2 saturated carbocycles. The molecule has 8 nitrogen and oxygen atoms in total. The molecule has 0 aromatic carbocycles. The summed E-state index contributed by atoms with van der Waals surface area (Å²) in [6, 6.07) is 0. The van der Waals surface area contributed by atoms with Crippen LogP contribution < -0.4 is 0 Å². The molecule has 3 heterocycles. The van der Waals surface area contributed by atoms with Gasteiger partial charge in [0.25, 0.3) is 0 Å². The van der Waals surface area contributed by atoms with Gasteiger partial charge in [-0.15, -0.1) is 0 Å². The highest BCUT2D eigenvalue weighted by atomic mass is 17.4. The van der Waals surface area contributed by atoms with Gasteiger partial charge in [-0.1, -0.05) is 31.7 Å². The Balaban J connectivity index is 0.000000171. The number of hydrogen-bond donors (Lipinski definition) is 0. The monoisotopic (exact) mass is 618 g/mol. The van der Waals surface area contributed by atoms with Gasteiger partial charge in [-0.25, -0.2) is 0 Å². The Labute approximate surface area is 265 Å². The first-order valence-corrected chi connectivity index (χ1v) is 16.8. The van der Waals surface area contributed by atoms with Crippen molar-refractivity contribution >= 4 is 11.9 Å². The Kier molecular flexibility index (Phi) is 11.5. The van der Waals surface area contributed by atoms with Gasteiger partial charge in [-0.3, -0.25) is 9.59 Å². The van der Waals surface area contributed by atoms with Crippen molar-refractivity contribution in [1.29, 1.82) is 0 Å². The van der Waals surface area contributed by atoms with Crippen molar-refractivity contribution in [1.82, 2.24) is 0 Å². The first-order chi connectivity index (χ1) is 20.3. The van der Waals surface area contributed by atoms with Crippen LogP contribution in [-0.4, -0.2) is 53.3 Å². The first kappa shape index (κ1) is 35.1. The average Bonchev–Trinajstić information content (AvgIpc) is 3.89. The van der Waals surface area contributed by atoms with E-state index >= 15 is 0 Å². The molecular formula is C36H58O8. The molecule has 0 aromatic heterocycles. The average molecular weight is 619 g/mol. The minimum absolute atomic E-state index is 0. The summed E-state index contributed by atoms with van der Waals surface area (Å²) in [6.45, 7) is 12.0. The number of carbonyl (C=O) groups is 2. The van der Waals surface area contributed by atoms with Gasteiger partial charge < -0.3 is 18.9 Å². The van der Waals surface area contributed by atoms with E-state index in [1.54, 1.807) is 0 Å². The van der Waals surface area contributed by atoms with Gasteiger partial charge in [0.05, 0.1) is 36.3 Å². The summed E-state index contributed by atoms with van der Waals surface area (Å²) in [5.41, 5.74) is -0.696. The van der Waals surface area contributed by atoms with Crippen molar-refractivity contribution in [2.75, 3.05) is 0 Å². The van der Waals surface area contributed by atoms with E-state index in [0.717, 1.165) is 77.0 Å². The van der Waals surface area contributed by atoms with Gasteiger partial charge in [-0.05, 0) is 119 Å². The van der Waals surface area contributed by atoms with Crippen LogP contribution >= 0.6 is 0 Å². The van der Waals surface area contributed by atoms with Crippen LogP contribution in [0.3, 0.4) is 0 Å². The van der Waals surface area contributed by atoms with Gasteiger partial charge in [0.2, 0.25) is 5.79 Å². The molecule has 0 aromatic rings. The second-order valence-corrected chi connectivity index (χ2v) is 15.0. The minimum atomic E-state index is -0.366. The SMILES string of the molecule is C.CC(C)(OC(=O)C1CC=CCC1)C1CC=CCC1.CC(C)(OC(=O)C1CCC2OC2C1)C1CCC2OC2C1.CC1(C)OO1. The third-order valence-corrected chi connectivity index (χ3v) is 10.3. The summed E-state index contributed by atoms with van der Waals surface area (Å²) in [4.78, 5) is 33.4. The molecule has 0 spiro atoms. The molecule has 0 bridgehead atoms. The summed E-state index contributed by atoms with van der Waals surface area (Å²) in [7, 11) is 0. The highest BCUT2D eigenvalue weighted by Crippen LogP contribution is 2.45. The normalized spacial score (nSPS) is 35.9. The molecule has 8 heteroatoms. The lowest BCUT2D eigenvalue weighted by Gasteiger charge is -2.36. The molecule has 44 heavy (non-hydrogen) atoms. The number of esters is 2. The van der Waals surface area contributed by atoms with Crippen molar-refractivity contribution in [2.45, 2.75) is 167 Å². The largest absolute Gasteiger partial charge is 0.459 e. The Morgan fingerprint density at radius 1 is 0.636 bits per heavy atom. The molecule has 3 saturated heterocycles. The minimum Gasteiger partial charge on any atom is -0.459 e. The van der Waals surface area contributed by atoms with E-state index in [9.17, 15) is 9.59 Å². The first-order valence-electron chi connectivity index (χ1n) is 16.8. The number of carbonyl (C=O) groups excluding carboxylic acids is 2. The Morgan fingerprint density at radius 2 is 1.16 bits per heavy atom. The molecule has 8 unspecified atom stereocenters. The summed E-state index contributed by atoms with van der Waals surface area (Å²) < 4.78 is 22.8. The molecule has 250 valence electrons. The van der Waals surface area contributed by atoms with E-state index in [2.05, 4.69) is 61.8 Å². The highest BCUT2D eigenvalue weighted by molar-refractivity contribution is 5.73. The zero-order valence-electron chi connectivity index (χ0n) is 27.2. The lowest BCUT2D eigenvalue weighted by atomic mass is 9.78. The van der Waals surface area contributed by atoms with Crippen molar-refractivity contribution in [2.24, 2.45) is 23.7 Å². The maximum atomic E-state index is 12.4. The van der Waals surface area contributed by atoms with Gasteiger partial charge >= 0.3 is 11.9 Å². The van der Waals surface area contributed by atoms with Crippen LogP contribution in [-0.2, 0) is 38.3 Å². The predicted molar refractivity (Wildman–Crippen MR) is 168 cm³/mol. The van der Waals surface area contributed by atoms with E-state index in [4.69, 9.17) is 18.9 Å². The number of hydrogen-bond acceptors (Lipinski definition) is 8. The van der Waals surface area contributed by atoms with Crippen LogP contribution in [0, 0.1) is 23.7 Å². The van der Waals surface area contributed by atoms with Crippen molar-refractivity contribution in [3.63, 3.8) is 0 Å². The molecule has 0 N–H and O–H groups in total. The summed E-state index contributed by atoms with van der Waals surface area (Å²) >= 11 is 0. The van der Waals surface area contributed by atoms with Crippen LogP contribution in [0.4, 0.5) is 0 Å². The second kappa shape index (κ2) is 14.4. The predicted octanol–water partition coefficient (Wildman–Crippen LogP) is 7.78. The molecule has 7 aliphatic rings. The zero-order valence-corrected chi connectivity index (χ0v) is 27.2. The topological polar surface area (TPSA) is 103 Å². The van der Waals surface area contributed by atoms with Crippen molar-refractivity contribution in [3.05, 3.63) is 24.3 Å². The molecule has 5 fully saturated rings. The quantitative estimate of drug-likeness (QED) is 0.129. The highest BCUT2D eigenvalue weighted by Gasteiger charge is 2.50. The van der Waals surface area contributed by atoms with Crippen LogP contribution in [0.15, 0.2) is 24.3 Å². The molecule has 0 radical (unpaired) electrons. The summed E-state index contributed by atoms with van der Waals surface area (Å²) in [6.07, 6.45) is 22.5. The molecule has 0 amide bonds. The van der Waals surface area contributed by atoms with E-state index in [-0.39, 0.29) is 48.2 Å². The van der Waals surface area contributed by atoms with E-state index in [0.29, 0.717) is 36.3 Å². The third-order valence-electron chi connectivity index (χ3n) is 10.3. The van der Waals surface area contributed by atoms with Crippen LogP contribution in [0.5, 0.6) is 0 Å². The summed E-state index contributed by atoms with van der Waals surface area (Å²) in [5.74, 6) is 0.760. The maximum absolute atomic E-state index is 12.4. The van der Waals surface area contributed by atoms with Crippen LogP contribution in [0.1, 0.15) is 126 Å². The fraction of sp³-hybridized carbons (Fsp3) is 0.833. The maximum Gasteiger partial charge on any atom is 0.309 e. The van der Waals surface area contributed by atoms with E-state index < -0.39 is 0 Å². The number of ether oxygens (including phenoxy) is 4. The Morgan fingerprint density at radius 3 is 1.66 bits per heavy atom. The number of epoxide rings is 2. The number of rotatable bonds is 6. The molecule has 4 aliphatic carbocycles. The van der Waals surface area contributed by atoms with Crippen LogP contribution in [0.2, 0.25) is 0 Å². The smallest absolute Gasteiger partial charge is 0.309 e. The van der Waals surface area contributed by atoms with Crippen molar-refractivity contribution in [3.8, 4) is 0 Å². The van der Waals surface area contributed by atoms with E-state index in [1.807, 2.05) is 13.8 Å². The molecular weight excluding hydrogens is 560 g/mol.